The summed E-state index contributed by atoms with van der Waals surface area (Å²) in [6.45, 7) is 7.14. The predicted octanol–water partition coefficient (Wildman–Crippen LogP) is 0.927. The van der Waals surface area contributed by atoms with Crippen LogP contribution in [-0.4, -0.2) is 49.2 Å². The molecule has 82 valence electrons. The van der Waals surface area contributed by atoms with Crippen molar-refractivity contribution >= 4 is 0 Å². The van der Waals surface area contributed by atoms with Crippen molar-refractivity contribution in [3.05, 3.63) is 0 Å². The van der Waals surface area contributed by atoms with Crippen molar-refractivity contribution in [1.29, 1.82) is 0 Å². The summed E-state index contributed by atoms with van der Waals surface area (Å²) in [5, 5.41) is 2.42. The summed E-state index contributed by atoms with van der Waals surface area (Å²) in [6, 6.07) is 0.758. The summed E-state index contributed by atoms with van der Waals surface area (Å²) in [6.07, 6.45) is 4.14. The standard InChI is InChI=1S/C11H23N3/c1-10-3-4-11(9-10)12-14-7-5-13(2)6-8-14/h10-12H,3-9H2,1-2H3/t10-,11-/m0/s1. The van der Waals surface area contributed by atoms with Gasteiger partial charge < -0.3 is 4.90 Å². The van der Waals surface area contributed by atoms with Gasteiger partial charge in [0.15, 0.2) is 0 Å². The Balaban J connectivity index is 1.70. The van der Waals surface area contributed by atoms with Crippen LogP contribution in [0.15, 0.2) is 0 Å². The Morgan fingerprint density at radius 2 is 1.79 bits per heavy atom. The monoisotopic (exact) mass is 197 g/mol. The molecule has 0 aromatic heterocycles. The molecular weight excluding hydrogens is 174 g/mol. The highest BCUT2D eigenvalue weighted by Gasteiger charge is 2.23. The molecule has 0 amide bonds. The van der Waals surface area contributed by atoms with Crippen molar-refractivity contribution in [2.24, 2.45) is 5.92 Å². The Hall–Kier alpha value is -0.120. The minimum absolute atomic E-state index is 0.758. The van der Waals surface area contributed by atoms with Crippen molar-refractivity contribution in [2.75, 3.05) is 33.2 Å². The zero-order chi connectivity index (χ0) is 9.97. The minimum Gasteiger partial charge on any atom is -0.304 e. The first-order valence-electron chi connectivity index (χ1n) is 5.93. The molecule has 2 atom stereocenters. The van der Waals surface area contributed by atoms with E-state index in [1.165, 1.54) is 45.4 Å². The summed E-state index contributed by atoms with van der Waals surface area (Å²) < 4.78 is 0. The average Bonchev–Trinajstić information content (AvgIpc) is 2.56. The number of hydrazine groups is 1. The summed E-state index contributed by atoms with van der Waals surface area (Å²) in [4.78, 5) is 2.40. The molecule has 0 unspecified atom stereocenters. The number of nitrogens with zero attached hydrogens (tertiary/aromatic N) is 2. The molecule has 2 rings (SSSR count). The highest BCUT2D eigenvalue weighted by atomic mass is 15.5. The topological polar surface area (TPSA) is 18.5 Å². The summed E-state index contributed by atoms with van der Waals surface area (Å²) in [7, 11) is 2.20. The predicted molar refractivity (Wildman–Crippen MR) is 59.0 cm³/mol. The molecule has 0 aromatic rings. The van der Waals surface area contributed by atoms with Crippen molar-refractivity contribution in [3.8, 4) is 0 Å². The Labute approximate surface area is 87.4 Å². The number of likely N-dealkylation sites (N-methyl/N-ethyl adjacent to an activating group) is 1. The Bertz CT molecular complexity index is 175. The molecule has 3 nitrogen and oxygen atoms in total. The molecule has 2 aliphatic rings. The van der Waals surface area contributed by atoms with Crippen LogP contribution in [0.25, 0.3) is 0 Å². The largest absolute Gasteiger partial charge is 0.304 e. The second-order valence-corrected chi connectivity index (χ2v) is 5.03. The van der Waals surface area contributed by atoms with Gasteiger partial charge in [0.2, 0.25) is 0 Å². The van der Waals surface area contributed by atoms with Crippen LogP contribution in [-0.2, 0) is 0 Å². The third-order valence-electron chi connectivity index (χ3n) is 3.56. The second kappa shape index (κ2) is 4.60. The van der Waals surface area contributed by atoms with E-state index < -0.39 is 0 Å². The van der Waals surface area contributed by atoms with Gasteiger partial charge in [-0.05, 0) is 32.2 Å². The molecule has 0 aromatic carbocycles. The number of nitrogens with one attached hydrogen (secondary N) is 1. The van der Waals surface area contributed by atoms with Crippen molar-refractivity contribution < 1.29 is 0 Å². The van der Waals surface area contributed by atoms with Crippen LogP contribution in [0.5, 0.6) is 0 Å². The second-order valence-electron chi connectivity index (χ2n) is 5.03. The van der Waals surface area contributed by atoms with Crippen LogP contribution in [0.4, 0.5) is 0 Å². The van der Waals surface area contributed by atoms with Crippen molar-refractivity contribution in [3.63, 3.8) is 0 Å². The van der Waals surface area contributed by atoms with E-state index in [0.29, 0.717) is 0 Å². The normalized spacial score (nSPS) is 36.4. The van der Waals surface area contributed by atoms with Gasteiger partial charge in [-0.25, -0.2) is 5.01 Å². The van der Waals surface area contributed by atoms with Gasteiger partial charge in [-0.15, -0.1) is 0 Å². The molecule has 2 fully saturated rings. The maximum absolute atomic E-state index is 3.68. The van der Waals surface area contributed by atoms with Gasteiger partial charge >= 0.3 is 0 Å². The molecule has 0 bridgehead atoms. The molecule has 1 saturated carbocycles. The summed E-state index contributed by atoms with van der Waals surface area (Å²) in [5.74, 6) is 0.931. The quantitative estimate of drug-likeness (QED) is 0.710. The molecular formula is C11H23N3. The van der Waals surface area contributed by atoms with E-state index in [4.69, 9.17) is 0 Å². The lowest BCUT2D eigenvalue weighted by Crippen LogP contribution is -2.53. The molecule has 0 radical (unpaired) electrons. The van der Waals surface area contributed by atoms with Crippen LogP contribution in [0.3, 0.4) is 0 Å². The van der Waals surface area contributed by atoms with Gasteiger partial charge in [0, 0.05) is 32.2 Å². The molecule has 1 aliphatic carbocycles. The van der Waals surface area contributed by atoms with E-state index in [2.05, 4.69) is 29.3 Å². The Kier molecular flexibility index (Phi) is 3.42. The molecule has 1 N–H and O–H groups in total. The lowest BCUT2D eigenvalue weighted by molar-refractivity contribution is 0.0871. The zero-order valence-electron chi connectivity index (χ0n) is 9.50. The third-order valence-corrected chi connectivity index (χ3v) is 3.56. The van der Waals surface area contributed by atoms with Gasteiger partial charge in [0.1, 0.15) is 0 Å². The summed E-state index contributed by atoms with van der Waals surface area (Å²) >= 11 is 0. The van der Waals surface area contributed by atoms with Crippen LogP contribution in [0, 0.1) is 5.92 Å². The zero-order valence-corrected chi connectivity index (χ0v) is 9.50. The molecule has 14 heavy (non-hydrogen) atoms. The van der Waals surface area contributed by atoms with Gasteiger partial charge in [-0.3, -0.25) is 5.43 Å². The first kappa shape index (κ1) is 10.4. The van der Waals surface area contributed by atoms with Crippen molar-refractivity contribution in [1.82, 2.24) is 15.3 Å². The maximum atomic E-state index is 3.68. The van der Waals surface area contributed by atoms with Crippen LogP contribution in [0.1, 0.15) is 26.2 Å². The lowest BCUT2D eigenvalue weighted by atomic mass is 10.1. The van der Waals surface area contributed by atoms with Crippen LogP contribution >= 0.6 is 0 Å². The molecule has 0 spiro atoms. The Morgan fingerprint density at radius 3 is 2.36 bits per heavy atom. The number of hydrogen-bond acceptors (Lipinski definition) is 3. The molecule has 1 heterocycles. The SMILES string of the molecule is C[C@H]1CC[C@H](NN2CCN(C)CC2)C1. The van der Waals surface area contributed by atoms with E-state index in [9.17, 15) is 0 Å². The highest BCUT2D eigenvalue weighted by Crippen LogP contribution is 2.24. The van der Waals surface area contributed by atoms with E-state index in [-0.39, 0.29) is 0 Å². The van der Waals surface area contributed by atoms with Gasteiger partial charge in [0.25, 0.3) is 0 Å². The number of hydrogen-bond donors (Lipinski definition) is 1. The fourth-order valence-corrected chi connectivity index (χ4v) is 2.52. The van der Waals surface area contributed by atoms with E-state index in [1.807, 2.05) is 0 Å². The third kappa shape index (κ3) is 2.69. The molecule has 1 aliphatic heterocycles. The van der Waals surface area contributed by atoms with Crippen molar-refractivity contribution in [2.45, 2.75) is 32.2 Å². The minimum atomic E-state index is 0.758. The van der Waals surface area contributed by atoms with E-state index in [1.54, 1.807) is 0 Å². The fraction of sp³-hybridized carbons (Fsp3) is 1.00. The smallest absolute Gasteiger partial charge is 0.0259 e. The lowest BCUT2D eigenvalue weighted by Gasteiger charge is -2.34. The fourth-order valence-electron chi connectivity index (χ4n) is 2.52. The molecule has 3 heteroatoms. The first-order chi connectivity index (χ1) is 6.74. The van der Waals surface area contributed by atoms with Gasteiger partial charge in [-0.1, -0.05) is 6.92 Å². The number of piperazine rings is 1. The number of rotatable bonds is 2. The Morgan fingerprint density at radius 1 is 1.07 bits per heavy atom. The van der Waals surface area contributed by atoms with Crippen LogP contribution in [0.2, 0.25) is 0 Å². The molecule has 1 saturated heterocycles. The maximum Gasteiger partial charge on any atom is 0.0259 e. The van der Waals surface area contributed by atoms with E-state index in [0.717, 1.165) is 12.0 Å². The highest BCUT2D eigenvalue weighted by molar-refractivity contribution is 4.78. The summed E-state index contributed by atoms with van der Waals surface area (Å²) in [5.41, 5.74) is 3.68. The average molecular weight is 197 g/mol. The van der Waals surface area contributed by atoms with Crippen LogP contribution < -0.4 is 5.43 Å². The van der Waals surface area contributed by atoms with Gasteiger partial charge in [-0.2, -0.15) is 0 Å². The van der Waals surface area contributed by atoms with E-state index >= 15 is 0 Å². The van der Waals surface area contributed by atoms with Gasteiger partial charge in [0.05, 0.1) is 0 Å². The first-order valence-corrected chi connectivity index (χ1v) is 5.93.